The van der Waals surface area contributed by atoms with Crippen LogP contribution in [-0.2, 0) is 25.7 Å². The van der Waals surface area contributed by atoms with Gasteiger partial charge in [0.05, 0.1) is 0 Å². The third kappa shape index (κ3) is 8.10. The number of ether oxygens (including phenoxy) is 1. The smallest absolute Gasteiger partial charge is 0.408 e. The molecule has 0 spiro atoms. The number of carbonyl (C=O) groups excluding carboxylic acids is 3. The summed E-state index contributed by atoms with van der Waals surface area (Å²) in [6, 6.07) is 6.21. The van der Waals surface area contributed by atoms with Gasteiger partial charge in [-0.1, -0.05) is 44.2 Å². The molecular weight excluding hydrogens is 390 g/mol. The SMILES string of the molecule is CC(C)CC(NC(=O)C(C)N(C)C(=O)C(C)NC(=O)OCc1ccccc1)C(=O)O. The highest BCUT2D eigenvalue weighted by Gasteiger charge is 2.30. The minimum atomic E-state index is -1.13. The maximum atomic E-state index is 12.6. The van der Waals surface area contributed by atoms with Crippen LogP contribution >= 0.6 is 0 Å². The highest BCUT2D eigenvalue weighted by atomic mass is 16.5. The van der Waals surface area contributed by atoms with E-state index >= 15 is 0 Å². The third-order valence-electron chi connectivity index (χ3n) is 4.55. The number of alkyl carbamates (subject to hydrolysis) is 1. The summed E-state index contributed by atoms with van der Waals surface area (Å²) in [5, 5.41) is 14.2. The number of benzene rings is 1. The van der Waals surface area contributed by atoms with E-state index in [0.29, 0.717) is 0 Å². The van der Waals surface area contributed by atoms with Crippen molar-refractivity contribution in [1.29, 1.82) is 0 Å². The van der Waals surface area contributed by atoms with E-state index in [0.717, 1.165) is 10.5 Å². The zero-order chi connectivity index (χ0) is 22.8. The number of aliphatic carboxylic acids is 1. The molecule has 0 saturated carbocycles. The van der Waals surface area contributed by atoms with Gasteiger partial charge in [-0.15, -0.1) is 0 Å². The zero-order valence-corrected chi connectivity index (χ0v) is 18.0. The molecule has 1 aromatic carbocycles. The lowest BCUT2D eigenvalue weighted by atomic mass is 10.0. The Labute approximate surface area is 176 Å². The van der Waals surface area contributed by atoms with Crippen LogP contribution in [0.4, 0.5) is 4.79 Å². The predicted molar refractivity (Wildman–Crippen MR) is 110 cm³/mol. The van der Waals surface area contributed by atoms with Crippen molar-refractivity contribution in [2.45, 2.75) is 58.8 Å². The number of carbonyl (C=O) groups is 4. The van der Waals surface area contributed by atoms with Crippen LogP contribution in [0.3, 0.4) is 0 Å². The second kappa shape index (κ2) is 11.8. The monoisotopic (exact) mass is 421 g/mol. The van der Waals surface area contributed by atoms with E-state index in [-0.39, 0.29) is 18.9 Å². The van der Waals surface area contributed by atoms with Gasteiger partial charge >= 0.3 is 12.1 Å². The minimum absolute atomic E-state index is 0.0641. The van der Waals surface area contributed by atoms with Gasteiger partial charge in [-0.3, -0.25) is 9.59 Å². The van der Waals surface area contributed by atoms with Crippen LogP contribution in [0.15, 0.2) is 30.3 Å². The van der Waals surface area contributed by atoms with Gasteiger partial charge in [0, 0.05) is 7.05 Å². The molecule has 1 aromatic rings. The molecule has 3 amide bonds. The number of hydrogen-bond donors (Lipinski definition) is 3. The first-order chi connectivity index (χ1) is 14.0. The maximum Gasteiger partial charge on any atom is 0.408 e. The fraction of sp³-hybridized carbons (Fsp3) is 0.524. The third-order valence-corrected chi connectivity index (χ3v) is 4.55. The van der Waals surface area contributed by atoms with E-state index < -0.39 is 42.0 Å². The Kier molecular flexibility index (Phi) is 9.80. The van der Waals surface area contributed by atoms with Crippen molar-refractivity contribution >= 4 is 23.9 Å². The first-order valence-corrected chi connectivity index (χ1v) is 9.80. The summed E-state index contributed by atoms with van der Waals surface area (Å²) in [4.78, 5) is 49.4. The van der Waals surface area contributed by atoms with Gasteiger partial charge in [-0.05, 0) is 31.7 Å². The van der Waals surface area contributed by atoms with Crippen LogP contribution in [0.5, 0.6) is 0 Å². The van der Waals surface area contributed by atoms with Gasteiger partial charge in [-0.2, -0.15) is 0 Å². The van der Waals surface area contributed by atoms with Gasteiger partial charge in [-0.25, -0.2) is 9.59 Å². The molecule has 1 rings (SSSR count). The first-order valence-electron chi connectivity index (χ1n) is 9.80. The number of likely N-dealkylation sites (N-methyl/N-ethyl adjacent to an activating group) is 1. The standard InChI is InChI=1S/C21H31N3O6/c1-13(2)11-17(20(27)28)23-18(25)15(4)24(5)19(26)14(3)22-21(29)30-12-16-9-7-6-8-10-16/h6-10,13-15,17H,11-12H2,1-5H3,(H,22,29)(H,23,25)(H,27,28). The van der Waals surface area contributed by atoms with Crippen molar-refractivity contribution in [3.8, 4) is 0 Å². The zero-order valence-electron chi connectivity index (χ0n) is 18.0. The molecule has 0 aliphatic carbocycles. The van der Waals surface area contributed by atoms with E-state index in [1.807, 2.05) is 32.0 Å². The van der Waals surface area contributed by atoms with Crippen LogP contribution in [0.1, 0.15) is 39.7 Å². The molecule has 0 heterocycles. The predicted octanol–water partition coefficient (Wildman–Crippen LogP) is 1.76. The Morgan fingerprint density at radius 1 is 1.03 bits per heavy atom. The Morgan fingerprint density at radius 2 is 1.63 bits per heavy atom. The highest BCUT2D eigenvalue weighted by Crippen LogP contribution is 2.07. The number of rotatable bonds is 10. The van der Waals surface area contributed by atoms with Gasteiger partial charge in [0.1, 0.15) is 24.7 Å². The van der Waals surface area contributed by atoms with Gasteiger partial charge < -0.3 is 25.4 Å². The molecule has 9 nitrogen and oxygen atoms in total. The summed E-state index contributed by atoms with van der Waals surface area (Å²) >= 11 is 0. The van der Waals surface area contributed by atoms with E-state index in [1.54, 1.807) is 12.1 Å². The summed E-state index contributed by atoms with van der Waals surface area (Å²) in [5.74, 6) is -2.15. The fourth-order valence-corrected chi connectivity index (χ4v) is 2.66. The van der Waals surface area contributed by atoms with E-state index in [1.165, 1.54) is 20.9 Å². The van der Waals surface area contributed by atoms with Gasteiger partial charge in [0.25, 0.3) is 0 Å². The molecule has 3 atom stereocenters. The molecule has 0 saturated heterocycles. The van der Waals surface area contributed by atoms with Crippen LogP contribution < -0.4 is 10.6 Å². The molecule has 3 unspecified atom stereocenters. The summed E-state index contributed by atoms with van der Waals surface area (Å²) in [6.45, 7) is 6.74. The second-order valence-corrected chi connectivity index (χ2v) is 7.58. The van der Waals surface area contributed by atoms with E-state index in [2.05, 4.69) is 10.6 Å². The highest BCUT2D eigenvalue weighted by molar-refractivity contribution is 5.92. The average Bonchev–Trinajstić information content (AvgIpc) is 2.70. The average molecular weight is 421 g/mol. The molecule has 9 heteroatoms. The van der Waals surface area contributed by atoms with Gasteiger partial charge in [0.2, 0.25) is 11.8 Å². The summed E-state index contributed by atoms with van der Waals surface area (Å²) in [5.41, 5.74) is 0.809. The Hall–Kier alpha value is -3.10. The molecule has 30 heavy (non-hydrogen) atoms. The minimum Gasteiger partial charge on any atom is -0.480 e. The van der Waals surface area contributed by atoms with Crippen molar-refractivity contribution in [3.63, 3.8) is 0 Å². The molecule has 166 valence electrons. The lowest BCUT2D eigenvalue weighted by molar-refractivity contribution is -0.144. The van der Waals surface area contributed by atoms with E-state index in [4.69, 9.17) is 4.74 Å². The lowest BCUT2D eigenvalue weighted by Gasteiger charge is -2.28. The maximum absolute atomic E-state index is 12.6. The Bertz CT molecular complexity index is 738. The molecule has 0 aliphatic rings. The fourth-order valence-electron chi connectivity index (χ4n) is 2.66. The molecule has 0 radical (unpaired) electrons. The number of amides is 3. The molecule has 0 bridgehead atoms. The molecule has 3 N–H and O–H groups in total. The second-order valence-electron chi connectivity index (χ2n) is 7.58. The summed E-state index contributed by atoms with van der Waals surface area (Å²) < 4.78 is 5.09. The number of nitrogens with one attached hydrogen (secondary N) is 2. The number of hydrogen-bond acceptors (Lipinski definition) is 5. The topological polar surface area (TPSA) is 125 Å². The van der Waals surface area contributed by atoms with Crippen molar-refractivity contribution in [3.05, 3.63) is 35.9 Å². The largest absolute Gasteiger partial charge is 0.480 e. The number of nitrogens with zero attached hydrogens (tertiary/aromatic N) is 1. The summed E-state index contributed by atoms with van der Waals surface area (Å²) in [7, 11) is 1.41. The van der Waals surface area contributed by atoms with Crippen molar-refractivity contribution in [2.75, 3.05) is 7.05 Å². The molecule has 0 aliphatic heterocycles. The van der Waals surface area contributed by atoms with Crippen LogP contribution in [-0.4, -0.2) is 59.1 Å². The van der Waals surface area contributed by atoms with Crippen LogP contribution in [0.2, 0.25) is 0 Å². The molecule has 0 fully saturated rings. The Balaban J connectivity index is 2.58. The van der Waals surface area contributed by atoms with Crippen molar-refractivity contribution < 1.29 is 29.0 Å². The molecule has 0 aromatic heterocycles. The quantitative estimate of drug-likeness (QED) is 0.529. The van der Waals surface area contributed by atoms with E-state index in [9.17, 15) is 24.3 Å². The summed E-state index contributed by atoms with van der Waals surface area (Å²) in [6.07, 6.45) is -0.482. The number of carboxylic acid groups (broad SMARTS) is 1. The normalized spacial score (nSPS) is 13.7. The van der Waals surface area contributed by atoms with Crippen molar-refractivity contribution in [2.24, 2.45) is 5.92 Å². The van der Waals surface area contributed by atoms with Gasteiger partial charge in [0.15, 0.2) is 0 Å². The molecular formula is C21H31N3O6. The van der Waals surface area contributed by atoms with Crippen LogP contribution in [0, 0.1) is 5.92 Å². The first kappa shape index (κ1) is 24.9. The van der Waals surface area contributed by atoms with Crippen LogP contribution in [0.25, 0.3) is 0 Å². The van der Waals surface area contributed by atoms with Crippen molar-refractivity contribution in [1.82, 2.24) is 15.5 Å². The number of carboxylic acids is 1. The Morgan fingerprint density at radius 3 is 2.17 bits per heavy atom. The lowest BCUT2D eigenvalue weighted by Crippen LogP contribution is -2.54.